The maximum atomic E-state index is 12.9. The highest BCUT2D eigenvalue weighted by Crippen LogP contribution is 2.37. The maximum Gasteiger partial charge on any atom is 0.144 e. The molecule has 1 aromatic carbocycles. The molecule has 0 amide bonds. The second kappa shape index (κ2) is 5.98. The fraction of sp³-hybridized carbons (Fsp3) is 0.588. The molecule has 1 saturated heterocycles. The molecule has 2 heterocycles. The number of Topliss-reactive ketones (excluding diaryl/α,β-unsaturated/α-hetero) is 1. The van der Waals surface area contributed by atoms with Gasteiger partial charge < -0.3 is 10.1 Å². The monoisotopic (exact) mass is 307 g/mol. The number of carbonyl (C=O) groups excluding carboxylic acids is 1. The number of rotatable bonds is 4. The summed E-state index contributed by atoms with van der Waals surface area (Å²) in [6, 6.07) is 3.85. The normalized spacial score (nSPS) is 24.5. The molecule has 4 heteroatoms. The van der Waals surface area contributed by atoms with E-state index in [1.807, 2.05) is 12.1 Å². The minimum absolute atomic E-state index is 0.216. The number of nitrogens with one attached hydrogen (secondary N) is 1. The van der Waals surface area contributed by atoms with Crippen molar-refractivity contribution in [3.63, 3.8) is 0 Å². The summed E-state index contributed by atoms with van der Waals surface area (Å²) < 4.78 is 5.71. The molecule has 0 radical (unpaired) electrons. The van der Waals surface area contributed by atoms with E-state index in [2.05, 4.69) is 12.2 Å². The zero-order valence-electron chi connectivity index (χ0n) is 12.5. The Balaban J connectivity index is 1.84. The fourth-order valence-electron chi connectivity index (χ4n) is 3.54. The lowest BCUT2D eigenvalue weighted by Gasteiger charge is -2.35. The molecule has 1 aromatic rings. The van der Waals surface area contributed by atoms with Gasteiger partial charge in [-0.05, 0) is 43.5 Å². The van der Waals surface area contributed by atoms with Gasteiger partial charge >= 0.3 is 0 Å². The molecule has 1 fully saturated rings. The van der Waals surface area contributed by atoms with Crippen LogP contribution in [0.25, 0.3) is 0 Å². The van der Waals surface area contributed by atoms with Crippen LogP contribution in [-0.2, 0) is 17.6 Å². The number of fused-ring (bicyclic) bond motifs is 1. The Morgan fingerprint density at radius 2 is 2.33 bits per heavy atom. The molecule has 1 atom stereocenters. The third-order valence-corrected chi connectivity index (χ3v) is 5.14. The van der Waals surface area contributed by atoms with Crippen molar-refractivity contribution < 1.29 is 9.53 Å². The van der Waals surface area contributed by atoms with E-state index in [4.69, 9.17) is 16.3 Å². The lowest BCUT2D eigenvalue weighted by molar-refractivity contribution is -0.129. The first-order valence-electron chi connectivity index (χ1n) is 7.83. The number of benzene rings is 1. The number of ketones is 1. The molecule has 3 nitrogen and oxygen atoms in total. The van der Waals surface area contributed by atoms with Crippen molar-refractivity contribution in [2.24, 2.45) is 5.41 Å². The quantitative estimate of drug-likeness (QED) is 0.928. The van der Waals surface area contributed by atoms with Crippen molar-refractivity contribution in [3.8, 4) is 5.75 Å². The Morgan fingerprint density at radius 3 is 3.05 bits per heavy atom. The first-order valence-corrected chi connectivity index (χ1v) is 8.20. The summed E-state index contributed by atoms with van der Waals surface area (Å²) in [5, 5.41) is 4.08. The third kappa shape index (κ3) is 2.82. The molecule has 1 N–H and O–H groups in total. The van der Waals surface area contributed by atoms with Gasteiger partial charge in [0.2, 0.25) is 0 Å². The van der Waals surface area contributed by atoms with E-state index in [1.54, 1.807) is 0 Å². The smallest absolute Gasteiger partial charge is 0.144 e. The van der Waals surface area contributed by atoms with Gasteiger partial charge in [0, 0.05) is 35.4 Å². The Morgan fingerprint density at radius 1 is 1.48 bits per heavy atom. The standard InChI is InChI=1S/C17H22ClNO2/c1-2-17(5-3-6-19-11-17)15(20)10-13-9-14(18)8-12-4-7-21-16(12)13/h8-9,19H,2-7,10-11H2,1H3. The summed E-state index contributed by atoms with van der Waals surface area (Å²) in [5.74, 6) is 1.21. The highest BCUT2D eigenvalue weighted by molar-refractivity contribution is 6.30. The Kier molecular flexibility index (Phi) is 4.23. The summed E-state index contributed by atoms with van der Waals surface area (Å²) in [7, 11) is 0. The summed E-state index contributed by atoms with van der Waals surface area (Å²) in [5.41, 5.74) is 1.88. The van der Waals surface area contributed by atoms with Crippen LogP contribution in [0, 0.1) is 5.41 Å². The van der Waals surface area contributed by atoms with Gasteiger partial charge in [0.25, 0.3) is 0 Å². The lowest BCUT2D eigenvalue weighted by atomic mass is 9.73. The SMILES string of the molecule is CCC1(C(=O)Cc2cc(Cl)cc3c2OCC3)CCCNC1. The van der Waals surface area contributed by atoms with E-state index in [1.165, 1.54) is 0 Å². The Bertz CT molecular complexity index is 550. The van der Waals surface area contributed by atoms with Gasteiger partial charge in [0.1, 0.15) is 11.5 Å². The molecule has 2 aliphatic rings. The minimum Gasteiger partial charge on any atom is -0.493 e. The predicted molar refractivity (Wildman–Crippen MR) is 84.2 cm³/mol. The maximum absolute atomic E-state index is 12.9. The first kappa shape index (κ1) is 14.9. The molecular weight excluding hydrogens is 286 g/mol. The van der Waals surface area contributed by atoms with E-state index in [0.29, 0.717) is 23.8 Å². The van der Waals surface area contributed by atoms with Crippen molar-refractivity contribution in [1.82, 2.24) is 5.32 Å². The van der Waals surface area contributed by atoms with Crippen molar-refractivity contribution >= 4 is 17.4 Å². The molecular formula is C17H22ClNO2. The number of carbonyl (C=O) groups is 1. The first-order chi connectivity index (χ1) is 10.1. The van der Waals surface area contributed by atoms with Crippen LogP contribution in [0.15, 0.2) is 12.1 Å². The Hall–Kier alpha value is -1.06. The highest BCUT2D eigenvalue weighted by Gasteiger charge is 2.37. The fourth-order valence-corrected chi connectivity index (χ4v) is 3.81. The second-order valence-electron chi connectivity index (χ2n) is 6.17. The largest absolute Gasteiger partial charge is 0.493 e. The number of ether oxygens (including phenoxy) is 1. The molecule has 0 spiro atoms. The summed E-state index contributed by atoms with van der Waals surface area (Å²) in [4.78, 5) is 12.9. The van der Waals surface area contributed by atoms with Gasteiger partial charge in [-0.3, -0.25) is 4.79 Å². The van der Waals surface area contributed by atoms with Gasteiger partial charge in [0.05, 0.1) is 6.61 Å². The lowest BCUT2D eigenvalue weighted by Crippen LogP contribution is -2.45. The number of piperidine rings is 1. The van der Waals surface area contributed by atoms with Gasteiger partial charge in [0.15, 0.2) is 0 Å². The van der Waals surface area contributed by atoms with Crippen LogP contribution in [-0.4, -0.2) is 25.5 Å². The van der Waals surface area contributed by atoms with E-state index in [0.717, 1.165) is 55.6 Å². The summed E-state index contributed by atoms with van der Waals surface area (Å²) in [6.07, 6.45) is 4.26. The van der Waals surface area contributed by atoms with E-state index in [-0.39, 0.29) is 5.41 Å². The van der Waals surface area contributed by atoms with Crippen molar-refractivity contribution in [2.75, 3.05) is 19.7 Å². The van der Waals surface area contributed by atoms with Crippen molar-refractivity contribution in [2.45, 2.75) is 39.0 Å². The number of hydrogen-bond acceptors (Lipinski definition) is 3. The van der Waals surface area contributed by atoms with Crippen LogP contribution in [0.1, 0.15) is 37.3 Å². The Labute approximate surface area is 131 Å². The van der Waals surface area contributed by atoms with E-state index in [9.17, 15) is 4.79 Å². The van der Waals surface area contributed by atoms with Crippen molar-refractivity contribution in [1.29, 1.82) is 0 Å². The third-order valence-electron chi connectivity index (χ3n) is 4.92. The van der Waals surface area contributed by atoms with Crippen LogP contribution in [0.3, 0.4) is 0 Å². The average molecular weight is 308 g/mol. The molecule has 0 bridgehead atoms. The molecule has 114 valence electrons. The molecule has 0 saturated carbocycles. The zero-order chi connectivity index (χ0) is 14.9. The van der Waals surface area contributed by atoms with Crippen LogP contribution >= 0.6 is 11.6 Å². The molecule has 2 aliphatic heterocycles. The number of hydrogen-bond donors (Lipinski definition) is 1. The second-order valence-corrected chi connectivity index (χ2v) is 6.60. The van der Waals surface area contributed by atoms with Gasteiger partial charge in [-0.2, -0.15) is 0 Å². The predicted octanol–water partition coefficient (Wildman–Crippen LogP) is 3.17. The molecule has 1 unspecified atom stereocenters. The van der Waals surface area contributed by atoms with Crippen molar-refractivity contribution in [3.05, 3.63) is 28.3 Å². The van der Waals surface area contributed by atoms with Crippen LogP contribution in [0.4, 0.5) is 0 Å². The van der Waals surface area contributed by atoms with Crippen LogP contribution in [0.2, 0.25) is 5.02 Å². The molecule has 3 rings (SSSR count). The topological polar surface area (TPSA) is 38.3 Å². The minimum atomic E-state index is -0.216. The summed E-state index contributed by atoms with van der Waals surface area (Å²) in [6.45, 7) is 4.62. The van der Waals surface area contributed by atoms with E-state index < -0.39 is 0 Å². The zero-order valence-corrected chi connectivity index (χ0v) is 13.3. The molecule has 0 aliphatic carbocycles. The van der Waals surface area contributed by atoms with Gasteiger partial charge in [-0.1, -0.05) is 18.5 Å². The highest BCUT2D eigenvalue weighted by atomic mass is 35.5. The van der Waals surface area contributed by atoms with E-state index >= 15 is 0 Å². The van der Waals surface area contributed by atoms with Crippen LogP contribution in [0.5, 0.6) is 5.75 Å². The average Bonchev–Trinajstić information content (AvgIpc) is 2.96. The summed E-state index contributed by atoms with van der Waals surface area (Å²) >= 11 is 6.19. The number of halogens is 1. The van der Waals surface area contributed by atoms with Crippen LogP contribution < -0.4 is 10.1 Å². The van der Waals surface area contributed by atoms with Gasteiger partial charge in [-0.15, -0.1) is 0 Å². The molecule has 21 heavy (non-hydrogen) atoms. The molecule has 0 aromatic heterocycles. The van der Waals surface area contributed by atoms with Gasteiger partial charge in [-0.25, -0.2) is 0 Å².